The molecule has 8 heteroatoms. The van der Waals surface area contributed by atoms with Crippen LogP contribution in [0, 0.1) is 11.3 Å². The molecular weight excluding hydrogens is 321 g/mol. The first kappa shape index (κ1) is 14.7. The molecule has 0 aliphatic carbocycles. The van der Waals surface area contributed by atoms with Crippen LogP contribution in [0.4, 0.5) is 0 Å². The zero-order valence-corrected chi connectivity index (χ0v) is 12.2. The van der Waals surface area contributed by atoms with Crippen LogP contribution >= 0.6 is 23.2 Å². The Morgan fingerprint density at radius 3 is 2.25 bits per heavy atom. The average molecular weight is 328 g/mol. The lowest BCUT2D eigenvalue weighted by Gasteiger charge is -2.11. The van der Waals surface area contributed by atoms with Crippen LogP contribution in [-0.4, -0.2) is 18.4 Å². The van der Waals surface area contributed by atoms with Gasteiger partial charge < -0.3 is 0 Å². The molecule has 1 aromatic carbocycles. The topological polar surface area (TPSA) is 83.7 Å². The number of nitriles is 1. The minimum Gasteiger partial charge on any atom is -0.254 e. The van der Waals surface area contributed by atoms with E-state index in [0.29, 0.717) is 5.02 Å². The molecule has 0 radical (unpaired) electrons. The van der Waals surface area contributed by atoms with E-state index < -0.39 is 15.1 Å². The van der Waals surface area contributed by atoms with Gasteiger partial charge in [0.05, 0.1) is 11.0 Å². The van der Waals surface area contributed by atoms with Gasteiger partial charge in [0, 0.05) is 17.4 Å². The molecule has 0 bridgehead atoms. The summed E-state index contributed by atoms with van der Waals surface area (Å²) in [6.45, 7) is 0. The van der Waals surface area contributed by atoms with Crippen LogP contribution in [0.25, 0.3) is 0 Å². The third kappa shape index (κ3) is 2.75. The van der Waals surface area contributed by atoms with Crippen LogP contribution in [0.5, 0.6) is 0 Å². The summed E-state index contributed by atoms with van der Waals surface area (Å²) in [5.74, 6) is 0. The second kappa shape index (κ2) is 5.75. The van der Waals surface area contributed by atoms with Crippen molar-refractivity contribution in [3.63, 3.8) is 0 Å². The van der Waals surface area contributed by atoms with E-state index in [-0.39, 0.29) is 15.7 Å². The van der Waals surface area contributed by atoms with E-state index in [1.54, 1.807) is 6.07 Å². The van der Waals surface area contributed by atoms with Crippen molar-refractivity contribution in [3.8, 4) is 6.07 Å². The lowest BCUT2D eigenvalue weighted by Crippen LogP contribution is -2.14. The van der Waals surface area contributed by atoms with E-state index in [1.807, 2.05) is 0 Å². The van der Waals surface area contributed by atoms with Crippen LogP contribution in [0.15, 0.2) is 41.6 Å². The summed E-state index contributed by atoms with van der Waals surface area (Å²) in [6, 6.07) is 7.22. The Bertz CT molecular complexity index is 770. The Morgan fingerprint density at radius 1 is 1.10 bits per heavy atom. The molecule has 2 rings (SSSR count). The Hall–Kier alpha value is -1.68. The number of hydrogen-bond donors (Lipinski definition) is 0. The Kier molecular flexibility index (Phi) is 4.23. The molecule has 2 aromatic rings. The molecule has 0 amide bonds. The van der Waals surface area contributed by atoms with Crippen LogP contribution in [0.2, 0.25) is 10.2 Å². The van der Waals surface area contributed by atoms with Crippen molar-refractivity contribution in [2.75, 3.05) is 0 Å². The molecule has 0 saturated carbocycles. The third-order valence-electron chi connectivity index (χ3n) is 2.50. The van der Waals surface area contributed by atoms with E-state index >= 15 is 0 Å². The maximum Gasteiger partial charge on any atom is 0.200 e. The molecule has 0 spiro atoms. The summed E-state index contributed by atoms with van der Waals surface area (Å²) < 4.78 is 24.9. The van der Waals surface area contributed by atoms with Crippen LogP contribution in [-0.2, 0) is 9.84 Å². The fraction of sp³-hybridized carbons (Fsp3) is 0.0833. The highest BCUT2D eigenvalue weighted by atomic mass is 35.5. The Labute approximate surface area is 125 Å². The van der Waals surface area contributed by atoms with E-state index in [4.69, 9.17) is 23.2 Å². The molecular formula is C12H7Cl2N3O2S. The molecule has 20 heavy (non-hydrogen) atoms. The smallest absolute Gasteiger partial charge is 0.200 e. The van der Waals surface area contributed by atoms with Crippen molar-refractivity contribution in [2.45, 2.75) is 10.1 Å². The molecule has 1 atom stereocenters. The fourth-order valence-electron chi connectivity index (χ4n) is 1.55. The summed E-state index contributed by atoms with van der Waals surface area (Å²) in [5, 5.41) is 7.93. The second-order valence-electron chi connectivity index (χ2n) is 3.74. The average Bonchev–Trinajstić information content (AvgIpc) is 2.42. The normalized spacial score (nSPS) is 12.7. The molecule has 0 aliphatic rings. The third-order valence-corrected chi connectivity index (χ3v) is 4.92. The predicted octanol–water partition coefficient (Wildman–Crippen LogP) is 2.82. The van der Waals surface area contributed by atoms with Crippen LogP contribution in [0.3, 0.4) is 0 Å². The van der Waals surface area contributed by atoms with Crippen molar-refractivity contribution >= 4 is 33.0 Å². The fourth-order valence-corrected chi connectivity index (χ4v) is 3.34. The summed E-state index contributed by atoms with van der Waals surface area (Å²) in [6.07, 6.45) is 2.60. The zero-order valence-electron chi connectivity index (χ0n) is 9.86. The first-order valence-corrected chi connectivity index (χ1v) is 7.62. The first-order chi connectivity index (χ1) is 9.46. The monoisotopic (exact) mass is 327 g/mol. The summed E-state index contributed by atoms with van der Waals surface area (Å²) in [4.78, 5) is 7.54. The maximum absolute atomic E-state index is 12.4. The van der Waals surface area contributed by atoms with Gasteiger partial charge in [-0.2, -0.15) is 5.26 Å². The minimum atomic E-state index is -3.95. The van der Waals surface area contributed by atoms with Gasteiger partial charge in [-0.3, -0.25) is 4.98 Å². The molecule has 102 valence electrons. The Balaban J connectivity index is 2.55. The number of nitrogens with zero attached hydrogens (tertiary/aromatic N) is 3. The van der Waals surface area contributed by atoms with Crippen molar-refractivity contribution in [1.82, 2.24) is 9.97 Å². The van der Waals surface area contributed by atoms with E-state index in [2.05, 4.69) is 9.97 Å². The van der Waals surface area contributed by atoms with Gasteiger partial charge in [0.15, 0.2) is 10.4 Å². The van der Waals surface area contributed by atoms with E-state index in [9.17, 15) is 13.7 Å². The van der Waals surface area contributed by atoms with Gasteiger partial charge in [0.25, 0.3) is 0 Å². The molecule has 0 aliphatic heterocycles. The highest BCUT2D eigenvalue weighted by Gasteiger charge is 2.32. The summed E-state index contributed by atoms with van der Waals surface area (Å²) >= 11 is 11.5. The Morgan fingerprint density at radius 2 is 1.70 bits per heavy atom. The number of aromatic nitrogens is 2. The van der Waals surface area contributed by atoms with Gasteiger partial charge in [-0.25, -0.2) is 13.4 Å². The molecule has 0 unspecified atom stereocenters. The van der Waals surface area contributed by atoms with Crippen molar-refractivity contribution in [3.05, 3.63) is 52.5 Å². The van der Waals surface area contributed by atoms with Gasteiger partial charge in [-0.05, 0) is 24.3 Å². The number of benzene rings is 1. The van der Waals surface area contributed by atoms with E-state index in [0.717, 1.165) is 0 Å². The molecule has 0 fully saturated rings. The lowest BCUT2D eigenvalue weighted by molar-refractivity contribution is 0.590. The number of halogens is 2. The highest BCUT2D eigenvalue weighted by Crippen LogP contribution is 2.30. The minimum absolute atomic E-state index is 0.0323. The van der Waals surface area contributed by atoms with Crippen molar-refractivity contribution < 1.29 is 8.42 Å². The molecule has 1 aromatic heterocycles. The van der Waals surface area contributed by atoms with Gasteiger partial charge >= 0.3 is 0 Å². The van der Waals surface area contributed by atoms with Gasteiger partial charge in [0.2, 0.25) is 9.84 Å². The van der Waals surface area contributed by atoms with Crippen molar-refractivity contribution in [1.29, 1.82) is 5.26 Å². The van der Waals surface area contributed by atoms with Crippen molar-refractivity contribution in [2.24, 2.45) is 0 Å². The standard InChI is InChI=1S/C12H7Cl2N3O2S/c13-8-1-3-9(4-2-8)20(18,19)10(7-15)11-12(14)17-6-5-16-11/h1-6,10H/t10-/m0/s1. The predicted molar refractivity (Wildman–Crippen MR) is 74.0 cm³/mol. The maximum atomic E-state index is 12.4. The highest BCUT2D eigenvalue weighted by molar-refractivity contribution is 7.92. The number of hydrogen-bond acceptors (Lipinski definition) is 5. The van der Waals surface area contributed by atoms with Crippen LogP contribution in [0.1, 0.15) is 10.9 Å². The van der Waals surface area contributed by atoms with Gasteiger partial charge in [-0.15, -0.1) is 0 Å². The quantitative estimate of drug-likeness (QED) is 0.865. The van der Waals surface area contributed by atoms with E-state index in [1.165, 1.54) is 36.7 Å². The lowest BCUT2D eigenvalue weighted by atomic mass is 10.3. The largest absolute Gasteiger partial charge is 0.254 e. The second-order valence-corrected chi connectivity index (χ2v) is 6.57. The zero-order chi connectivity index (χ0) is 14.8. The molecule has 0 N–H and O–H groups in total. The molecule has 0 saturated heterocycles. The summed E-state index contributed by atoms with van der Waals surface area (Å²) in [5.41, 5.74) is -0.0911. The van der Waals surface area contributed by atoms with Gasteiger partial charge in [0.1, 0.15) is 5.69 Å². The summed E-state index contributed by atoms with van der Waals surface area (Å²) in [7, 11) is -3.95. The van der Waals surface area contributed by atoms with Gasteiger partial charge in [-0.1, -0.05) is 23.2 Å². The molecule has 1 heterocycles. The number of sulfone groups is 1. The SMILES string of the molecule is N#C[C@@H](c1nccnc1Cl)S(=O)(=O)c1ccc(Cl)cc1. The molecule has 5 nitrogen and oxygen atoms in total. The first-order valence-electron chi connectivity index (χ1n) is 5.32. The number of rotatable bonds is 3. The van der Waals surface area contributed by atoms with Crippen LogP contribution < -0.4 is 0 Å².